The van der Waals surface area contributed by atoms with Gasteiger partial charge in [0.25, 0.3) is 0 Å². The van der Waals surface area contributed by atoms with Gasteiger partial charge in [0.15, 0.2) is 0 Å². The molecule has 8 heteroatoms. The Morgan fingerprint density at radius 1 is 1.23 bits per heavy atom. The zero-order valence-electron chi connectivity index (χ0n) is 16.7. The average molecular weight is 423 g/mol. The van der Waals surface area contributed by atoms with Crippen molar-refractivity contribution in [3.8, 4) is 5.75 Å². The fraction of sp³-hybridized carbons (Fsp3) is 0.227. The van der Waals surface area contributed by atoms with E-state index in [0.717, 1.165) is 21.9 Å². The van der Waals surface area contributed by atoms with Crippen LogP contribution in [0.4, 0.5) is 5.69 Å². The van der Waals surface area contributed by atoms with E-state index in [9.17, 15) is 9.59 Å². The van der Waals surface area contributed by atoms with Crippen LogP contribution in [0.1, 0.15) is 17.4 Å². The molecule has 2 aromatic carbocycles. The number of nitrogens with one attached hydrogen (secondary N) is 1. The lowest BCUT2D eigenvalue weighted by molar-refractivity contribution is -0.123. The molecule has 3 aromatic rings. The number of methoxy groups -OCH3 is 1. The van der Waals surface area contributed by atoms with Gasteiger partial charge in [0, 0.05) is 24.3 Å². The molecule has 0 spiro atoms. The van der Waals surface area contributed by atoms with Crippen LogP contribution in [0.2, 0.25) is 0 Å². The number of hydrogen-bond donors (Lipinski definition) is 1. The van der Waals surface area contributed by atoms with Crippen molar-refractivity contribution in [1.82, 2.24) is 14.9 Å². The Balaban J connectivity index is 1.58. The third kappa shape index (κ3) is 4.04. The SMILES string of the molecule is COc1ccc([C@H](NC(=O)CN2C(=O)CSc3ccccc32)c2nccn2C)cc1. The van der Waals surface area contributed by atoms with Crippen molar-refractivity contribution < 1.29 is 14.3 Å². The van der Waals surface area contributed by atoms with Crippen LogP contribution in [0.25, 0.3) is 0 Å². The Bertz CT molecular complexity index is 1060. The largest absolute Gasteiger partial charge is 0.497 e. The number of carbonyl (C=O) groups is 2. The highest BCUT2D eigenvalue weighted by atomic mass is 32.2. The van der Waals surface area contributed by atoms with Crippen LogP contribution >= 0.6 is 11.8 Å². The maximum Gasteiger partial charge on any atom is 0.240 e. The van der Waals surface area contributed by atoms with Gasteiger partial charge >= 0.3 is 0 Å². The van der Waals surface area contributed by atoms with Crippen molar-refractivity contribution in [3.63, 3.8) is 0 Å². The minimum absolute atomic E-state index is 0.0481. The van der Waals surface area contributed by atoms with E-state index >= 15 is 0 Å². The third-order valence-corrected chi connectivity index (χ3v) is 6.03. The molecule has 7 nitrogen and oxygen atoms in total. The zero-order chi connectivity index (χ0) is 21.1. The summed E-state index contributed by atoms with van der Waals surface area (Å²) in [6.45, 7) is -0.0481. The number of imidazole rings is 1. The molecule has 1 aliphatic rings. The van der Waals surface area contributed by atoms with Crippen LogP contribution in [0, 0.1) is 0 Å². The van der Waals surface area contributed by atoms with Crippen molar-refractivity contribution >= 4 is 29.3 Å². The highest BCUT2D eigenvalue weighted by Gasteiger charge is 2.28. The fourth-order valence-corrected chi connectivity index (χ4v) is 4.36. The highest BCUT2D eigenvalue weighted by Crippen LogP contribution is 2.34. The summed E-state index contributed by atoms with van der Waals surface area (Å²) < 4.78 is 7.10. The van der Waals surface area contributed by atoms with Crippen LogP contribution in [-0.2, 0) is 16.6 Å². The molecule has 0 unspecified atom stereocenters. The Morgan fingerprint density at radius 2 is 2.00 bits per heavy atom. The lowest BCUT2D eigenvalue weighted by Gasteiger charge is -2.29. The third-order valence-electron chi connectivity index (χ3n) is 4.98. The summed E-state index contributed by atoms with van der Waals surface area (Å²) in [5.74, 6) is 1.43. The van der Waals surface area contributed by atoms with Crippen LogP contribution in [-0.4, -0.2) is 40.8 Å². The Hall–Kier alpha value is -3.26. The molecule has 1 N–H and O–H groups in total. The molecule has 0 bridgehead atoms. The monoisotopic (exact) mass is 422 g/mol. The first kappa shape index (κ1) is 20.0. The zero-order valence-corrected chi connectivity index (χ0v) is 17.6. The maximum atomic E-state index is 13.0. The number of hydrogen-bond acceptors (Lipinski definition) is 5. The molecule has 1 aliphatic heterocycles. The van der Waals surface area contributed by atoms with E-state index < -0.39 is 6.04 Å². The van der Waals surface area contributed by atoms with Crippen molar-refractivity contribution in [2.75, 3.05) is 24.3 Å². The normalized spacial score (nSPS) is 14.2. The van der Waals surface area contributed by atoms with Gasteiger partial charge in [-0.2, -0.15) is 0 Å². The summed E-state index contributed by atoms with van der Waals surface area (Å²) in [7, 11) is 3.49. The molecule has 4 rings (SSSR count). The number of aryl methyl sites for hydroxylation is 1. The fourth-order valence-electron chi connectivity index (χ4n) is 3.43. The minimum atomic E-state index is -0.451. The molecule has 0 saturated carbocycles. The lowest BCUT2D eigenvalue weighted by atomic mass is 10.1. The van der Waals surface area contributed by atoms with Gasteiger partial charge in [-0.1, -0.05) is 24.3 Å². The summed E-state index contributed by atoms with van der Waals surface area (Å²) in [5.41, 5.74) is 1.64. The van der Waals surface area contributed by atoms with Crippen molar-refractivity contribution in [3.05, 3.63) is 72.3 Å². The molecule has 0 radical (unpaired) electrons. The Kier molecular flexibility index (Phi) is 5.76. The minimum Gasteiger partial charge on any atom is -0.497 e. The summed E-state index contributed by atoms with van der Waals surface area (Å²) >= 11 is 1.49. The summed E-state index contributed by atoms with van der Waals surface area (Å²) in [6, 6.07) is 14.7. The number of carbonyl (C=O) groups excluding carboxylic acids is 2. The van der Waals surface area contributed by atoms with Gasteiger partial charge in [0.05, 0.1) is 18.6 Å². The molecule has 1 aromatic heterocycles. The molecule has 30 heavy (non-hydrogen) atoms. The Morgan fingerprint density at radius 3 is 2.70 bits per heavy atom. The van der Waals surface area contributed by atoms with E-state index in [4.69, 9.17) is 4.74 Å². The van der Waals surface area contributed by atoms with E-state index in [-0.39, 0.29) is 18.4 Å². The van der Waals surface area contributed by atoms with Gasteiger partial charge in [-0.3, -0.25) is 9.59 Å². The first-order chi connectivity index (χ1) is 14.6. The van der Waals surface area contributed by atoms with E-state index in [1.807, 2.05) is 66.3 Å². The number of anilines is 1. The van der Waals surface area contributed by atoms with E-state index in [1.54, 1.807) is 18.2 Å². The second kappa shape index (κ2) is 8.62. The Labute approximate surface area is 179 Å². The van der Waals surface area contributed by atoms with Gasteiger partial charge in [-0.05, 0) is 29.8 Å². The maximum absolute atomic E-state index is 13.0. The highest BCUT2D eigenvalue weighted by molar-refractivity contribution is 8.00. The number of nitrogens with zero attached hydrogens (tertiary/aromatic N) is 3. The van der Waals surface area contributed by atoms with Crippen molar-refractivity contribution in [2.24, 2.45) is 7.05 Å². The molecule has 0 saturated heterocycles. The van der Waals surface area contributed by atoms with Gasteiger partial charge in [0.2, 0.25) is 11.8 Å². The lowest BCUT2D eigenvalue weighted by Crippen LogP contribution is -2.44. The smallest absolute Gasteiger partial charge is 0.240 e. The van der Waals surface area contributed by atoms with Crippen molar-refractivity contribution in [2.45, 2.75) is 10.9 Å². The van der Waals surface area contributed by atoms with E-state index in [0.29, 0.717) is 11.6 Å². The molecule has 0 fully saturated rings. The van der Waals surface area contributed by atoms with Gasteiger partial charge in [0.1, 0.15) is 24.2 Å². The second-order valence-electron chi connectivity index (χ2n) is 6.91. The molecular formula is C22H22N4O3S. The predicted molar refractivity (Wildman–Crippen MR) is 116 cm³/mol. The molecule has 2 amide bonds. The quantitative estimate of drug-likeness (QED) is 0.661. The van der Waals surface area contributed by atoms with Gasteiger partial charge in [-0.25, -0.2) is 4.98 Å². The molecule has 2 heterocycles. The van der Waals surface area contributed by atoms with Crippen molar-refractivity contribution in [1.29, 1.82) is 0 Å². The molecular weight excluding hydrogens is 400 g/mol. The molecule has 1 atom stereocenters. The molecule has 0 aliphatic carbocycles. The van der Waals surface area contributed by atoms with Crippen LogP contribution in [0.5, 0.6) is 5.75 Å². The van der Waals surface area contributed by atoms with Gasteiger partial charge < -0.3 is 19.5 Å². The summed E-state index contributed by atoms with van der Waals surface area (Å²) in [4.78, 5) is 32.5. The number of thioether (sulfide) groups is 1. The average Bonchev–Trinajstić information content (AvgIpc) is 3.20. The van der Waals surface area contributed by atoms with Crippen LogP contribution in [0.3, 0.4) is 0 Å². The second-order valence-corrected chi connectivity index (χ2v) is 7.92. The molecule has 154 valence electrons. The number of ether oxygens (including phenoxy) is 1. The van der Waals surface area contributed by atoms with Gasteiger partial charge in [-0.15, -0.1) is 11.8 Å². The first-order valence-corrected chi connectivity index (χ1v) is 10.5. The number of amides is 2. The summed E-state index contributed by atoms with van der Waals surface area (Å²) in [6.07, 6.45) is 3.53. The van der Waals surface area contributed by atoms with Crippen LogP contribution < -0.4 is 15.0 Å². The summed E-state index contributed by atoms with van der Waals surface area (Å²) in [5, 5.41) is 3.05. The number of benzene rings is 2. The van der Waals surface area contributed by atoms with Crippen LogP contribution in [0.15, 0.2) is 65.8 Å². The first-order valence-electron chi connectivity index (χ1n) is 9.49. The number of fused-ring (bicyclic) bond motifs is 1. The number of aromatic nitrogens is 2. The standard InChI is InChI=1S/C22H22N4O3S/c1-25-12-11-23-22(25)21(15-7-9-16(29-2)10-8-15)24-19(27)13-26-17-5-3-4-6-18(17)30-14-20(26)28/h3-12,21H,13-14H2,1-2H3,(H,24,27)/t21-/m0/s1. The topological polar surface area (TPSA) is 76.5 Å². The van der Waals surface area contributed by atoms with E-state index in [1.165, 1.54) is 11.8 Å². The van der Waals surface area contributed by atoms with E-state index in [2.05, 4.69) is 10.3 Å². The predicted octanol–water partition coefficient (Wildman–Crippen LogP) is 2.77. The number of rotatable bonds is 6. The number of para-hydroxylation sites is 1.